The average Bonchev–Trinajstić information content (AvgIpc) is 2.54. The largest absolute Gasteiger partial charge is 0.508 e. The van der Waals surface area contributed by atoms with Gasteiger partial charge in [0.1, 0.15) is 11.5 Å². The Kier molecular flexibility index (Phi) is 1.23. The summed E-state index contributed by atoms with van der Waals surface area (Å²) >= 11 is 0. The molecule has 0 bridgehead atoms. The maximum atomic E-state index is 12.8. The van der Waals surface area contributed by atoms with E-state index in [0.717, 1.165) is 0 Å². The minimum atomic E-state index is -5.04. The van der Waals surface area contributed by atoms with Gasteiger partial charge in [-0.05, 0) is 48.3 Å². The topological polar surface area (TPSA) is 74.6 Å². The summed E-state index contributed by atoms with van der Waals surface area (Å²) in [6.45, 7) is 0. The smallest absolute Gasteiger partial charge is 0.206 e. The van der Waals surface area contributed by atoms with Crippen LogP contribution in [0.15, 0.2) is 58.1 Å². The number of phenolic OH excluding ortho intramolecular Hbond substituents is 2. The van der Waals surface area contributed by atoms with Crippen LogP contribution in [0.3, 0.4) is 0 Å². The van der Waals surface area contributed by atoms with E-state index in [9.17, 15) is 18.6 Å². The number of hydrogen-bond acceptors (Lipinski definition) is 4. The molecule has 0 unspecified atom stereocenters. The Morgan fingerprint density at radius 2 is 1.06 bits per heavy atom. The second-order valence-electron chi connectivity index (χ2n) is 2.86. The highest BCUT2D eigenvalue weighted by atomic mass is 32.2. The molecule has 0 heterocycles. The van der Waals surface area contributed by atoms with Gasteiger partial charge in [-0.3, -0.25) is 0 Å². The van der Waals surface area contributed by atoms with Gasteiger partial charge in [0.2, 0.25) is 9.84 Å². The normalized spacial score (nSPS) is 17.9. The molecule has 0 saturated heterocycles. The summed E-state index contributed by atoms with van der Waals surface area (Å²) in [4.78, 5) is -2.40. The minimum Gasteiger partial charge on any atom is -0.508 e. The van der Waals surface area contributed by atoms with Crippen molar-refractivity contribution in [1.82, 2.24) is 0 Å². The predicted octanol–water partition coefficient (Wildman–Crippen LogP) is 1.93. The van der Waals surface area contributed by atoms with Gasteiger partial charge in [0.15, 0.2) is 0 Å². The molecular weight excluding hydrogens is 240 g/mol. The summed E-state index contributed by atoms with van der Waals surface area (Å²) in [5, 5.41) is 19.0. The highest BCUT2D eigenvalue weighted by Crippen LogP contribution is 2.23. The Balaban J connectivity index is 3.02. The highest BCUT2D eigenvalue weighted by molar-refractivity contribution is 7.91. The average molecular weight is 258 g/mol. The lowest BCUT2D eigenvalue weighted by Crippen LogP contribution is -2.01. The molecule has 2 aromatic rings. The number of phenols is 2. The van der Waals surface area contributed by atoms with Crippen LogP contribution in [0.2, 0.25) is 0 Å². The number of aromatic hydroxyl groups is 2. The zero-order chi connectivity index (χ0) is 19.4. The van der Waals surface area contributed by atoms with Gasteiger partial charge < -0.3 is 10.2 Å². The summed E-state index contributed by atoms with van der Waals surface area (Å²) in [6, 6.07) is -8.62. The lowest BCUT2D eigenvalue weighted by Gasteiger charge is -2.04. The third kappa shape index (κ3) is 2.24. The van der Waals surface area contributed by atoms with Crippen molar-refractivity contribution in [1.29, 1.82) is 0 Å². The molecule has 0 amide bonds. The molecule has 0 aliphatic heterocycles. The molecule has 88 valence electrons. The van der Waals surface area contributed by atoms with E-state index in [1.165, 1.54) is 0 Å². The third-order valence-corrected chi connectivity index (χ3v) is 3.20. The first kappa shape index (κ1) is 5.10. The van der Waals surface area contributed by atoms with Crippen LogP contribution in [-0.4, -0.2) is 18.6 Å². The van der Waals surface area contributed by atoms with Gasteiger partial charge in [-0.15, -0.1) is 0 Å². The maximum Gasteiger partial charge on any atom is 0.206 e. The van der Waals surface area contributed by atoms with Gasteiger partial charge in [-0.2, -0.15) is 0 Å². The van der Waals surface area contributed by atoms with Crippen molar-refractivity contribution < 1.29 is 29.6 Å². The van der Waals surface area contributed by atoms with Gasteiger partial charge in [0.25, 0.3) is 0 Å². The number of sulfone groups is 1. The standard InChI is InChI=1S/C12H10O4S/c13-9-1-5-11(6-2-9)17(15,16)12-7-3-10(14)4-8-12/h1-8,13-14H/i1D,2D,3D,4D,5D,6D,7D,8D. The van der Waals surface area contributed by atoms with E-state index < -0.39 is 79.5 Å². The molecule has 5 heteroatoms. The maximum absolute atomic E-state index is 12.8. The van der Waals surface area contributed by atoms with Crippen LogP contribution in [0.1, 0.15) is 11.0 Å². The molecule has 2 aromatic carbocycles. The van der Waals surface area contributed by atoms with Crippen LogP contribution in [0.5, 0.6) is 11.5 Å². The highest BCUT2D eigenvalue weighted by Gasteiger charge is 2.17. The monoisotopic (exact) mass is 258 g/mol. The number of rotatable bonds is 2. The third-order valence-electron chi connectivity index (χ3n) is 1.72. The van der Waals surface area contributed by atoms with Crippen molar-refractivity contribution in [3.05, 3.63) is 48.3 Å². The second-order valence-corrected chi connectivity index (χ2v) is 4.68. The van der Waals surface area contributed by atoms with E-state index in [-0.39, 0.29) is 0 Å². The van der Waals surface area contributed by atoms with Crippen LogP contribution in [0.4, 0.5) is 0 Å². The summed E-state index contributed by atoms with van der Waals surface area (Å²) < 4.78 is 86.1. The van der Waals surface area contributed by atoms with E-state index in [2.05, 4.69) is 0 Å². The van der Waals surface area contributed by atoms with Crippen LogP contribution < -0.4 is 0 Å². The quantitative estimate of drug-likeness (QED) is 0.863. The molecule has 0 spiro atoms. The molecule has 0 atom stereocenters. The fourth-order valence-corrected chi connectivity index (χ4v) is 1.91. The summed E-state index contributed by atoms with van der Waals surface area (Å²) in [5.74, 6) is -2.14. The molecule has 2 N–H and O–H groups in total. The molecular formula is C12H10O4S. The molecule has 0 aliphatic rings. The van der Waals surface area contributed by atoms with Gasteiger partial charge in [-0.1, -0.05) is 0 Å². The van der Waals surface area contributed by atoms with Gasteiger partial charge in [0, 0.05) is 0 Å². The zero-order valence-corrected chi connectivity index (χ0v) is 8.94. The summed E-state index contributed by atoms with van der Waals surface area (Å²) in [6.07, 6.45) is 0. The first-order valence-corrected chi connectivity index (χ1v) is 5.67. The first-order chi connectivity index (χ1) is 11.4. The van der Waals surface area contributed by atoms with E-state index in [0.29, 0.717) is 0 Å². The van der Waals surface area contributed by atoms with Gasteiger partial charge in [-0.25, -0.2) is 8.42 Å². The van der Waals surface area contributed by atoms with Crippen molar-refractivity contribution in [2.24, 2.45) is 0 Å². The molecule has 2 rings (SSSR count). The van der Waals surface area contributed by atoms with Gasteiger partial charge >= 0.3 is 0 Å². The summed E-state index contributed by atoms with van der Waals surface area (Å²) in [5.41, 5.74) is 0. The second kappa shape index (κ2) is 4.10. The number of hydrogen-bond donors (Lipinski definition) is 2. The minimum absolute atomic E-state index is 1.03. The number of benzene rings is 2. The van der Waals surface area contributed by atoms with E-state index in [4.69, 9.17) is 11.0 Å². The Hall–Kier alpha value is -2.01. The van der Waals surface area contributed by atoms with Crippen molar-refractivity contribution in [3.8, 4) is 11.5 Å². The van der Waals surface area contributed by atoms with Crippen LogP contribution in [0, 0.1) is 0 Å². The lowest BCUT2D eigenvalue weighted by atomic mass is 10.3. The first-order valence-electron chi connectivity index (χ1n) is 8.19. The molecule has 0 saturated carbocycles. The lowest BCUT2D eigenvalue weighted by molar-refractivity contribution is 0.474. The molecule has 0 aliphatic carbocycles. The Labute approximate surface area is 110 Å². The van der Waals surface area contributed by atoms with Crippen molar-refractivity contribution in [2.45, 2.75) is 9.79 Å². The molecule has 0 radical (unpaired) electrons. The van der Waals surface area contributed by atoms with Crippen LogP contribution in [-0.2, 0) is 9.84 Å². The molecule has 4 nitrogen and oxygen atoms in total. The van der Waals surface area contributed by atoms with Gasteiger partial charge in [0.05, 0.1) is 20.8 Å². The van der Waals surface area contributed by atoms with Crippen molar-refractivity contribution in [2.75, 3.05) is 0 Å². The summed E-state index contributed by atoms with van der Waals surface area (Å²) in [7, 11) is -5.04. The fourth-order valence-electron chi connectivity index (χ4n) is 0.960. The Morgan fingerprint density at radius 1 is 0.765 bits per heavy atom. The van der Waals surface area contributed by atoms with E-state index in [1.807, 2.05) is 0 Å². The molecule has 17 heavy (non-hydrogen) atoms. The van der Waals surface area contributed by atoms with Crippen molar-refractivity contribution in [3.63, 3.8) is 0 Å². The van der Waals surface area contributed by atoms with Crippen molar-refractivity contribution >= 4 is 9.84 Å². The Bertz CT molecular complexity index is 885. The molecule has 0 fully saturated rings. The van der Waals surface area contributed by atoms with E-state index in [1.54, 1.807) is 0 Å². The molecule has 0 aromatic heterocycles. The Morgan fingerprint density at radius 3 is 1.35 bits per heavy atom. The SMILES string of the molecule is [2H]c1c([2H])c(S(=O)(=O)c2c([2H])c([2H])c(O)c([2H])c2[2H])c([2H])c([2H])c1O. The zero-order valence-electron chi connectivity index (χ0n) is 16.1. The van der Waals surface area contributed by atoms with E-state index >= 15 is 0 Å². The predicted molar refractivity (Wildman–Crippen MR) is 61.7 cm³/mol. The van der Waals surface area contributed by atoms with Crippen LogP contribution >= 0.6 is 0 Å². The van der Waals surface area contributed by atoms with Crippen LogP contribution in [0.25, 0.3) is 0 Å². The fraction of sp³-hybridized carbons (Fsp3) is 0.